The Balaban J connectivity index is 1.36. The van der Waals surface area contributed by atoms with E-state index >= 15 is 0 Å². The van der Waals surface area contributed by atoms with Crippen molar-refractivity contribution in [2.24, 2.45) is 0 Å². The smallest absolute Gasteiger partial charge is 0.231 e. The first-order chi connectivity index (χ1) is 14.8. The molecule has 6 nitrogen and oxygen atoms in total. The van der Waals surface area contributed by atoms with Gasteiger partial charge in [0, 0.05) is 10.3 Å². The second-order valence-corrected chi connectivity index (χ2v) is 9.99. The molecule has 3 aromatic rings. The molecule has 0 aliphatic heterocycles. The lowest BCUT2D eigenvalue weighted by atomic mass is 9.87. The van der Waals surface area contributed by atoms with E-state index in [2.05, 4.69) is 48.5 Å². The number of thiazole rings is 1. The van der Waals surface area contributed by atoms with E-state index in [9.17, 15) is 9.59 Å². The maximum absolute atomic E-state index is 12.1. The highest BCUT2D eigenvalue weighted by molar-refractivity contribution is 7.14. The standard InChI is InChI=1S/C23H27N3O3S2/c1-23(2,3)16-6-8-18(9-7-16)29-11-10-24-20(27)13-17-15-31-22(25-17)26-21(28)14-19-5-4-12-30-19/h4-9,12,15H,10-11,13-14H2,1-3H3,(H,24,27)(H,25,26,28). The Labute approximate surface area is 190 Å². The van der Waals surface area contributed by atoms with E-state index in [1.807, 2.05) is 29.6 Å². The van der Waals surface area contributed by atoms with E-state index in [4.69, 9.17) is 4.74 Å². The van der Waals surface area contributed by atoms with Crippen molar-refractivity contribution in [2.45, 2.75) is 39.0 Å². The summed E-state index contributed by atoms with van der Waals surface area (Å²) in [6.07, 6.45) is 0.490. The maximum Gasteiger partial charge on any atom is 0.231 e. The summed E-state index contributed by atoms with van der Waals surface area (Å²) >= 11 is 2.86. The van der Waals surface area contributed by atoms with Crippen molar-refractivity contribution in [3.8, 4) is 5.75 Å². The Hall–Kier alpha value is -2.71. The molecule has 0 aliphatic rings. The predicted molar refractivity (Wildman–Crippen MR) is 126 cm³/mol. The molecule has 164 valence electrons. The van der Waals surface area contributed by atoms with Gasteiger partial charge in [0.1, 0.15) is 12.4 Å². The Bertz CT molecular complexity index is 990. The number of nitrogens with one attached hydrogen (secondary N) is 2. The number of rotatable bonds is 9. The van der Waals surface area contributed by atoms with Crippen LogP contribution in [0.4, 0.5) is 5.13 Å². The number of thiophene rings is 1. The quantitative estimate of drug-likeness (QED) is 0.466. The number of benzene rings is 1. The van der Waals surface area contributed by atoms with E-state index in [-0.39, 0.29) is 23.7 Å². The van der Waals surface area contributed by atoms with E-state index in [1.54, 1.807) is 16.7 Å². The SMILES string of the molecule is CC(C)(C)c1ccc(OCCNC(=O)Cc2csc(NC(=O)Cc3cccs3)n2)cc1. The van der Waals surface area contributed by atoms with Crippen LogP contribution in [0.3, 0.4) is 0 Å². The Morgan fingerprint density at radius 2 is 1.81 bits per heavy atom. The van der Waals surface area contributed by atoms with Crippen molar-refractivity contribution >= 4 is 39.6 Å². The number of hydrogen-bond donors (Lipinski definition) is 2. The topological polar surface area (TPSA) is 80.3 Å². The van der Waals surface area contributed by atoms with E-state index < -0.39 is 0 Å². The fourth-order valence-electron chi connectivity index (χ4n) is 2.82. The van der Waals surface area contributed by atoms with Gasteiger partial charge in [0.25, 0.3) is 0 Å². The first kappa shape index (κ1) is 23.0. The van der Waals surface area contributed by atoms with Gasteiger partial charge in [-0.2, -0.15) is 0 Å². The Morgan fingerprint density at radius 3 is 2.48 bits per heavy atom. The van der Waals surface area contributed by atoms with Crippen molar-refractivity contribution in [3.63, 3.8) is 0 Å². The molecule has 0 fully saturated rings. The second kappa shape index (κ2) is 10.5. The molecule has 0 atom stereocenters. The monoisotopic (exact) mass is 457 g/mol. The lowest BCUT2D eigenvalue weighted by Crippen LogP contribution is -2.29. The third-order valence-electron chi connectivity index (χ3n) is 4.47. The summed E-state index contributed by atoms with van der Waals surface area (Å²) < 4.78 is 5.69. The molecule has 0 bridgehead atoms. The molecule has 0 saturated carbocycles. The van der Waals surface area contributed by atoms with Gasteiger partial charge in [0.2, 0.25) is 11.8 Å². The summed E-state index contributed by atoms with van der Waals surface area (Å²) in [6, 6.07) is 11.9. The molecule has 2 aromatic heterocycles. The molecule has 0 radical (unpaired) electrons. The first-order valence-electron chi connectivity index (χ1n) is 10.1. The van der Waals surface area contributed by atoms with E-state index in [0.29, 0.717) is 30.4 Å². The van der Waals surface area contributed by atoms with Gasteiger partial charge in [-0.3, -0.25) is 9.59 Å². The van der Waals surface area contributed by atoms with Crippen molar-refractivity contribution in [3.05, 3.63) is 63.3 Å². The molecule has 2 heterocycles. The summed E-state index contributed by atoms with van der Waals surface area (Å²) in [5.74, 6) is 0.540. The van der Waals surface area contributed by atoms with Gasteiger partial charge in [-0.25, -0.2) is 4.98 Å². The third kappa shape index (κ3) is 7.48. The molecule has 0 aliphatic carbocycles. The molecule has 2 amide bonds. The number of amides is 2. The van der Waals surface area contributed by atoms with Crippen molar-refractivity contribution in [2.75, 3.05) is 18.5 Å². The zero-order valence-corrected chi connectivity index (χ0v) is 19.6. The molecular formula is C23H27N3O3S2. The fourth-order valence-corrected chi connectivity index (χ4v) is 4.25. The molecule has 2 N–H and O–H groups in total. The lowest BCUT2D eigenvalue weighted by Gasteiger charge is -2.19. The second-order valence-electron chi connectivity index (χ2n) is 8.10. The van der Waals surface area contributed by atoms with Crippen LogP contribution < -0.4 is 15.4 Å². The van der Waals surface area contributed by atoms with Crippen LogP contribution >= 0.6 is 22.7 Å². The number of carbonyl (C=O) groups excluding carboxylic acids is 2. The number of hydrogen-bond acceptors (Lipinski definition) is 6. The number of ether oxygens (including phenoxy) is 1. The average Bonchev–Trinajstić information content (AvgIpc) is 3.37. The molecule has 8 heteroatoms. The van der Waals surface area contributed by atoms with Gasteiger partial charge in [-0.05, 0) is 34.6 Å². The van der Waals surface area contributed by atoms with Gasteiger partial charge in [0.15, 0.2) is 5.13 Å². The minimum Gasteiger partial charge on any atom is -0.492 e. The fraction of sp³-hybridized carbons (Fsp3) is 0.348. The number of anilines is 1. The summed E-state index contributed by atoms with van der Waals surface area (Å²) in [4.78, 5) is 29.5. The zero-order chi connectivity index (χ0) is 22.3. The van der Waals surface area contributed by atoms with E-state index in [0.717, 1.165) is 10.6 Å². The first-order valence-corrected chi connectivity index (χ1v) is 11.8. The normalized spacial score (nSPS) is 11.2. The van der Waals surface area contributed by atoms with Gasteiger partial charge >= 0.3 is 0 Å². The van der Waals surface area contributed by atoms with Crippen LogP contribution in [0.25, 0.3) is 0 Å². The minimum absolute atomic E-state index is 0.106. The predicted octanol–water partition coefficient (Wildman–Crippen LogP) is 4.42. The molecule has 0 spiro atoms. The molecule has 3 rings (SSSR count). The molecule has 31 heavy (non-hydrogen) atoms. The van der Waals surface area contributed by atoms with Gasteiger partial charge < -0.3 is 15.4 Å². The van der Waals surface area contributed by atoms with Gasteiger partial charge in [0.05, 0.1) is 25.1 Å². The Kier molecular flexibility index (Phi) is 7.81. The van der Waals surface area contributed by atoms with Crippen LogP contribution in [0.15, 0.2) is 47.2 Å². The molecule has 0 unspecified atom stereocenters. The summed E-state index contributed by atoms with van der Waals surface area (Å²) in [5.41, 5.74) is 1.99. The van der Waals surface area contributed by atoms with Crippen LogP contribution in [-0.4, -0.2) is 29.9 Å². The summed E-state index contributed by atoms with van der Waals surface area (Å²) in [6.45, 7) is 7.31. The van der Waals surface area contributed by atoms with Crippen LogP contribution in [0, 0.1) is 0 Å². The minimum atomic E-state index is -0.131. The van der Waals surface area contributed by atoms with Crippen molar-refractivity contribution < 1.29 is 14.3 Å². The molecule has 1 aromatic carbocycles. The highest BCUT2D eigenvalue weighted by Crippen LogP contribution is 2.24. The number of aromatic nitrogens is 1. The van der Waals surface area contributed by atoms with Crippen molar-refractivity contribution in [1.82, 2.24) is 10.3 Å². The number of carbonyl (C=O) groups is 2. The van der Waals surface area contributed by atoms with Crippen molar-refractivity contribution in [1.29, 1.82) is 0 Å². The molecule has 0 saturated heterocycles. The summed E-state index contributed by atoms with van der Waals surface area (Å²) in [5, 5.41) is 9.84. The number of nitrogens with zero attached hydrogens (tertiary/aromatic N) is 1. The van der Waals surface area contributed by atoms with Crippen LogP contribution in [0.1, 0.15) is 36.9 Å². The van der Waals surface area contributed by atoms with Crippen LogP contribution in [0.2, 0.25) is 0 Å². The molecular weight excluding hydrogens is 430 g/mol. The van der Waals surface area contributed by atoms with Gasteiger partial charge in [-0.15, -0.1) is 22.7 Å². The third-order valence-corrected chi connectivity index (χ3v) is 6.15. The largest absolute Gasteiger partial charge is 0.492 e. The average molecular weight is 458 g/mol. The van der Waals surface area contributed by atoms with E-state index in [1.165, 1.54) is 16.9 Å². The Morgan fingerprint density at radius 1 is 1.03 bits per heavy atom. The lowest BCUT2D eigenvalue weighted by molar-refractivity contribution is -0.120. The highest BCUT2D eigenvalue weighted by atomic mass is 32.1. The van der Waals surface area contributed by atoms with Gasteiger partial charge in [-0.1, -0.05) is 39.0 Å². The van der Waals surface area contributed by atoms with Crippen LogP contribution in [0.5, 0.6) is 5.75 Å². The zero-order valence-electron chi connectivity index (χ0n) is 17.9. The maximum atomic E-state index is 12.1. The van der Waals surface area contributed by atoms with Crippen LogP contribution in [-0.2, 0) is 27.8 Å². The highest BCUT2D eigenvalue weighted by Gasteiger charge is 2.13. The summed E-state index contributed by atoms with van der Waals surface area (Å²) in [7, 11) is 0.